The summed E-state index contributed by atoms with van der Waals surface area (Å²) in [5.41, 5.74) is 9.04. The number of nitrogens with zero attached hydrogens (tertiary/aromatic N) is 3. The van der Waals surface area contributed by atoms with Gasteiger partial charge in [-0.1, -0.05) is 57.2 Å². The van der Waals surface area contributed by atoms with Gasteiger partial charge in [-0.15, -0.1) is 0 Å². The number of carbonyl (C=O) groups excluding carboxylic acids is 3. The van der Waals surface area contributed by atoms with Gasteiger partial charge in [-0.2, -0.15) is 5.10 Å². The molecule has 10 heteroatoms. The van der Waals surface area contributed by atoms with E-state index < -0.39 is 5.91 Å². The lowest BCUT2D eigenvalue weighted by molar-refractivity contribution is -0.117. The van der Waals surface area contributed by atoms with Gasteiger partial charge in [0.25, 0.3) is 5.91 Å². The largest absolute Gasteiger partial charge is 0.445 e. The number of nitrogens with two attached hydrogens (primary N) is 1. The van der Waals surface area contributed by atoms with E-state index in [4.69, 9.17) is 10.5 Å². The maximum Gasteiger partial charge on any atom is 0.410 e. The van der Waals surface area contributed by atoms with Crippen molar-refractivity contribution in [2.75, 3.05) is 13.1 Å². The van der Waals surface area contributed by atoms with Crippen LogP contribution in [0.3, 0.4) is 0 Å². The summed E-state index contributed by atoms with van der Waals surface area (Å²) in [6, 6.07) is 21.3. The summed E-state index contributed by atoms with van der Waals surface area (Å²) in [4.78, 5) is 39.6. The van der Waals surface area contributed by atoms with Crippen LogP contribution in [0.5, 0.6) is 0 Å². The topological polar surface area (TPSA) is 108 Å². The number of aromatic nitrogens is 2. The fourth-order valence-corrected chi connectivity index (χ4v) is 7.05. The number of rotatable bonds is 7. The van der Waals surface area contributed by atoms with Crippen molar-refractivity contribution in [2.24, 2.45) is 11.1 Å². The van der Waals surface area contributed by atoms with Crippen LogP contribution >= 0.6 is 21.6 Å². The Morgan fingerprint density at radius 3 is 2.45 bits per heavy atom. The molecule has 2 heterocycles. The lowest BCUT2D eigenvalue weighted by Gasteiger charge is -2.32. The van der Waals surface area contributed by atoms with Crippen molar-refractivity contribution in [3.05, 3.63) is 89.6 Å². The van der Waals surface area contributed by atoms with E-state index in [9.17, 15) is 14.4 Å². The van der Waals surface area contributed by atoms with Crippen molar-refractivity contribution in [2.45, 2.75) is 51.0 Å². The van der Waals surface area contributed by atoms with E-state index in [1.54, 1.807) is 21.7 Å². The van der Waals surface area contributed by atoms with E-state index in [1.165, 1.54) is 21.6 Å². The molecule has 218 valence electrons. The van der Waals surface area contributed by atoms with Crippen molar-refractivity contribution >= 4 is 49.6 Å². The summed E-state index contributed by atoms with van der Waals surface area (Å²) in [5, 5.41) is 5.57. The molecule has 1 saturated heterocycles. The van der Waals surface area contributed by atoms with E-state index >= 15 is 0 Å². The molecule has 1 aliphatic heterocycles. The number of hydrogen-bond donors (Lipinski definition) is 1. The molecule has 2 amide bonds. The number of carbonyl (C=O) groups is 3. The number of likely N-dealkylation sites (tertiary alicyclic amines) is 1. The molecular formula is C32H34N4O4S2. The van der Waals surface area contributed by atoms with Crippen molar-refractivity contribution in [1.29, 1.82) is 0 Å². The second kappa shape index (κ2) is 12.6. The Kier molecular flexibility index (Phi) is 8.93. The summed E-state index contributed by atoms with van der Waals surface area (Å²) in [5.74, 6) is -0.290. The molecule has 8 nitrogen and oxygen atoms in total. The molecule has 0 spiro atoms. The van der Waals surface area contributed by atoms with Crippen LogP contribution in [0, 0.1) is 5.41 Å². The normalized spacial score (nSPS) is 15.5. The summed E-state index contributed by atoms with van der Waals surface area (Å²) < 4.78 is 7.39. The number of benzene rings is 3. The molecule has 0 unspecified atom stereocenters. The third kappa shape index (κ3) is 6.99. The first-order chi connectivity index (χ1) is 20.1. The highest BCUT2D eigenvalue weighted by Crippen LogP contribution is 2.37. The van der Waals surface area contributed by atoms with Crippen LogP contribution in [-0.4, -0.2) is 44.9 Å². The Labute approximate surface area is 253 Å². The van der Waals surface area contributed by atoms with Gasteiger partial charge in [0.1, 0.15) is 12.1 Å². The molecule has 2 N–H and O–H groups in total. The van der Waals surface area contributed by atoms with Crippen LogP contribution in [0.1, 0.15) is 61.0 Å². The number of amides is 2. The molecule has 1 atom stereocenters. The van der Waals surface area contributed by atoms with Crippen molar-refractivity contribution in [3.63, 3.8) is 0 Å². The third-order valence-corrected chi connectivity index (χ3v) is 9.82. The standard InChI is InChI=1S/C32H34N4O4S2/c1-32(2,3)30(38)42-41-26-15-9-21(10-16-26)20-40-31(39)35-17-5-7-23(18-35)22-11-13-25(14-12-22)36-19-24-6-4-8-27(29(33)37)28(24)34-36/h4,6,8-16,19,23H,5,7,17-18,20H2,1-3H3,(H2,33,37)/t23-/m1/s1. The monoisotopic (exact) mass is 602 g/mol. The molecule has 0 radical (unpaired) electrons. The van der Waals surface area contributed by atoms with Crippen LogP contribution in [-0.2, 0) is 16.1 Å². The Morgan fingerprint density at radius 2 is 1.76 bits per heavy atom. The van der Waals surface area contributed by atoms with Gasteiger partial charge in [-0.25, -0.2) is 9.48 Å². The predicted molar refractivity (Wildman–Crippen MR) is 168 cm³/mol. The van der Waals surface area contributed by atoms with Crippen molar-refractivity contribution in [3.8, 4) is 5.69 Å². The molecule has 0 saturated carbocycles. The highest BCUT2D eigenvalue weighted by atomic mass is 33.1. The average Bonchev–Trinajstić information content (AvgIpc) is 3.43. The minimum atomic E-state index is -0.501. The van der Waals surface area contributed by atoms with Crippen LogP contribution < -0.4 is 5.73 Å². The lowest BCUT2D eigenvalue weighted by atomic mass is 9.91. The summed E-state index contributed by atoms with van der Waals surface area (Å²) in [6.07, 6.45) is 3.47. The van der Waals surface area contributed by atoms with Gasteiger partial charge in [-0.05, 0) is 75.9 Å². The summed E-state index contributed by atoms with van der Waals surface area (Å²) >= 11 is 0. The molecule has 1 aromatic heterocycles. The van der Waals surface area contributed by atoms with Crippen LogP contribution in [0.4, 0.5) is 4.79 Å². The molecule has 1 aliphatic rings. The van der Waals surface area contributed by atoms with Gasteiger partial charge in [-0.3, -0.25) is 9.59 Å². The van der Waals surface area contributed by atoms with Crippen molar-refractivity contribution < 1.29 is 19.1 Å². The first-order valence-corrected chi connectivity index (χ1v) is 16.0. The maximum absolute atomic E-state index is 12.9. The summed E-state index contributed by atoms with van der Waals surface area (Å²) in [7, 11) is 2.69. The Morgan fingerprint density at radius 1 is 1.02 bits per heavy atom. The number of piperidine rings is 1. The highest BCUT2D eigenvalue weighted by Gasteiger charge is 2.26. The van der Waals surface area contributed by atoms with Crippen LogP contribution in [0.25, 0.3) is 16.6 Å². The van der Waals surface area contributed by atoms with Crippen LogP contribution in [0.2, 0.25) is 0 Å². The molecule has 4 aromatic rings. The fourth-order valence-electron chi connectivity index (χ4n) is 4.78. The smallest absolute Gasteiger partial charge is 0.410 e. The summed E-state index contributed by atoms with van der Waals surface area (Å²) in [6.45, 7) is 7.20. The molecule has 5 rings (SSSR count). The molecule has 3 aromatic carbocycles. The molecule has 0 bridgehead atoms. The van der Waals surface area contributed by atoms with Gasteiger partial charge < -0.3 is 15.4 Å². The molecule has 42 heavy (non-hydrogen) atoms. The quantitative estimate of drug-likeness (QED) is 0.228. The van der Waals surface area contributed by atoms with Gasteiger partial charge in [0.05, 0.1) is 11.3 Å². The third-order valence-electron chi connectivity index (χ3n) is 7.22. The average molecular weight is 603 g/mol. The van der Waals surface area contributed by atoms with E-state index in [2.05, 4.69) is 17.2 Å². The number of hydrogen-bond acceptors (Lipinski definition) is 7. The second-order valence-corrected chi connectivity index (χ2v) is 13.6. The Bertz CT molecular complexity index is 1590. The van der Waals surface area contributed by atoms with Gasteiger partial charge in [0, 0.05) is 40.9 Å². The minimum absolute atomic E-state index is 0.132. The zero-order valence-corrected chi connectivity index (χ0v) is 25.5. The van der Waals surface area contributed by atoms with Gasteiger partial charge in [0.2, 0.25) is 5.12 Å². The van der Waals surface area contributed by atoms with Crippen molar-refractivity contribution in [1.82, 2.24) is 14.7 Å². The lowest BCUT2D eigenvalue weighted by Crippen LogP contribution is -2.39. The zero-order chi connectivity index (χ0) is 29.9. The first-order valence-electron chi connectivity index (χ1n) is 13.9. The molecule has 1 fully saturated rings. The highest BCUT2D eigenvalue weighted by molar-refractivity contribution is 8.82. The number of ether oxygens (including phenoxy) is 1. The fraction of sp³-hybridized carbons (Fsp3) is 0.312. The SMILES string of the molecule is CC(C)(C)C(=O)SSc1ccc(COC(=O)N2CCC[C@@H](c3ccc(-n4cc5cccc(C(N)=O)c5n4)cc3)C2)cc1. The van der Waals surface area contributed by atoms with E-state index in [0.29, 0.717) is 24.2 Å². The number of fused-ring (bicyclic) bond motifs is 1. The van der Waals surface area contributed by atoms with E-state index in [0.717, 1.165) is 39.9 Å². The minimum Gasteiger partial charge on any atom is -0.445 e. The zero-order valence-electron chi connectivity index (χ0n) is 23.9. The first kappa shape index (κ1) is 29.7. The number of primary amides is 1. The molecular weight excluding hydrogens is 569 g/mol. The van der Waals surface area contributed by atoms with E-state index in [-0.39, 0.29) is 29.1 Å². The molecule has 0 aliphatic carbocycles. The van der Waals surface area contributed by atoms with Gasteiger partial charge >= 0.3 is 6.09 Å². The van der Waals surface area contributed by atoms with Gasteiger partial charge in [0.15, 0.2) is 0 Å². The Balaban J connectivity index is 1.15. The second-order valence-electron chi connectivity index (χ2n) is 11.5. The predicted octanol–water partition coefficient (Wildman–Crippen LogP) is 6.95. The Hall–Kier alpha value is -3.76. The van der Waals surface area contributed by atoms with Crippen LogP contribution in [0.15, 0.2) is 77.8 Å². The maximum atomic E-state index is 12.9. The van der Waals surface area contributed by atoms with E-state index in [1.807, 2.05) is 69.4 Å².